The number of nitrogens with zero attached hydrogens (tertiary/aromatic N) is 3. The Morgan fingerprint density at radius 2 is 1.94 bits per heavy atom. The molecule has 33 heavy (non-hydrogen) atoms. The van der Waals surface area contributed by atoms with Crippen molar-refractivity contribution in [3.05, 3.63) is 70.8 Å². The molecular weight excluding hydrogens is 456 g/mol. The topological polar surface area (TPSA) is 66.7 Å². The largest absolute Gasteiger partial charge is 0.337 e. The van der Waals surface area contributed by atoms with Crippen LogP contribution in [0.5, 0.6) is 0 Å². The van der Waals surface area contributed by atoms with E-state index in [2.05, 4.69) is 10.3 Å². The van der Waals surface area contributed by atoms with Gasteiger partial charge < -0.3 is 9.88 Å². The first-order valence-corrected chi connectivity index (χ1v) is 11.5. The molecule has 0 unspecified atom stereocenters. The van der Waals surface area contributed by atoms with Gasteiger partial charge in [-0.15, -0.1) is 12.4 Å². The van der Waals surface area contributed by atoms with Crippen LogP contribution in [-0.4, -0.2) is 39.5 Å². The molecule has 0 spiro atoms. The molecule has 1 saturated heterocycles. The number of amides is 2. The van der Waals surface area contributed by atoms with Crippen molar-refractivity contribution in [2.75, 3.05) is 18.4 Å². The Labute approximate surface area is 204 Å². The highest BCUT2D eigenvalue weighted by Gasteiger charge is 2.32. The van der Waals surface area contributed by atoms with Gasteiger partial charge in [0.1, 0.15) is 6.54 Å². The van der Waals surface area contributed by atoms with Crippen LogP contribution in [-0.2, 0) is 16.1 Å². The molecule has 0 atom stereocenters. The number of carbonyl (C=O) groups excluding carboxylic acids is 2. The van der Waals surface area contributed by atoms with Crippen LogP contribution in [0.4, 0.5) is 5.69 Å². The third-order valence-corrected chi connectivity index (χ3v) is 6.26. The molecule has 0 bridgehead atoms. The number of para-hydroxylation sites is 1. The second-order valence-electron chi connectivity index (χ2n) is 7.56. The van der Waals surface area contributed by atoms with Crippen LogP contribution in [0.25, 0.3) is 17.0 Å². The van der Waals surface area contributed by atoms with Gasteiger partial charge in [0.05, 0.1) is 4.91 Å². The number of aliphatic imine (C=N–C) groups is 1. The maximum absolute atomic E-state index is 12.9. The number of carbonyl (C=O) groups is 2. The zero-order valence-corrected chi connectivity index (χ0v) is 20.5. The van der Waals surface area contributed by atoms with E-state index in [1.807, 2.05) is 86.1 Å². The molecule has 3 aromatic rings. The van der Waals surface area contributed by atoms with Crippen LogP contribution >= 0.6 is 24.2 Å². The summed E-state index contributed by atoms with van der Waals surface area (Å²) in [6.45, 7) is 7.31. The van der Waals surface area contributed by atoms with E-state index < -0.39 is 0 Å². The molecule has 172 valence electrons. The standard InChI is InChI=1S/C25H26N4O2S.ClH/c1-4-26-25-29(5-2)24(31)22(32-25)14-18-15-28(21-12-7-6-11-20(18)21)16-23(30)27-19-10-8-9-17(3)13-19;/h6-15H,4-5,16H2,1-3H3,(H,27,30);1H/b22-14-,26-25?;. The minimum atomic E-state index is -0.101. The molecule has 0 aliphatic carbocycles. The third kappa shape index (κ3) is 5.31. The summed E-state index contributed by atoms with van der Waals surface area (Å²) >= 11 is 1.40. The van der Waals surface area contributed by atoms with E-state index in [1.165, 1.54) is 11.8 Å². The van der Waals surface area contributed by atoms with Gasteiger partial charge in [0, 0.05) is 41.4 Å². The van der Waals surface area contributed by atoms with Crippen LogP contribution in [0.1, 0.15) is 25.0 Å². The summed E-state index contributed by atoms with van der Waals surface area (Å²) in [5.41, 5.74) is 3.73. The van der Waals surface area contributed by atoms with E-state index in [0.29, 0.717) is 18.0 Å². The lowest BCUT2D eigenvalue weighted by Gasteiger charge is -2.11. The summed E-state index contributed by atoms with van der Waals surface area (Å²) in [5.74, 6) is -0.130. The lowest BCUT2D eigenvalue weighted by molar-refractivity contribution is -0.122. The van der Waals surface area contributed by atoms with Gasteiger partial charge in [-0.2, -0.15) is 0 Å². The Bertz CT molecular complexity index is 1250. The maximum Gasteiger partial charge on any atom is 0.266 e. The number of aryl methyl sites for hydroxylation is 1. The molecule has 2 aromatic carbocycles. The summed E-state index contributed by atoms with van der Waals surface area (Å²) in [6, 6.07) is 15.7. The van der Waals surface area contributed by atoms with E-state index in [-0.39, 0.29) is 30.8 Å². The van der Waals surface area contributed by atoms with E-state index in [0.717, 1.165) is 32.9 Å². The van der Waals surface area contributed by atoms with E-state index in [4.69, 9.17) is 0 Å². The Morgan fingerprint density at radius 1 is 1.15 bits per heavy atom. The maximum atomic E-state index is 12.9. The van der Waals surface area contributed by atoms with Crippen molar-refractivity contribution in [1.82, 2.24) is 9.47 Å². The van der Waals surface area contributed by atoms with Gasteiger partial charge >= 0.3 is 0 Å². The van der Waals surface area contributed by atoms with E-state index in [9.17, 15) is 9.59 Å². The number of fused-ring (bicyclic) bond motifs is 1. The van der Waals surface area contributed by atoms with E-state index in [1.54, 1.807) is 4.90 Å². The number of hydrogen-bond acceptors (Lipinski definition) is 4. The molecule has 1 N–H and O–H groups in total. The molecular formula is C25H27ClN4O2S. The highest BCUT2D eigenvalue weighted by atomic mass is 35.5. The summed E-state index contributed by atoms with van der Waals surface area (Å²) in [6.07, 6.45) is 3.84. The number of hydrogen-bond donors (Lipinski definition) is 1. The summed E-state index contributed by atoms with van der Waals surface area (Å²) in [5, 5.41) is 4.71. The molecule has 0 saturated carbocycles. The fraction of sp³-hybridized carbons (Fsp3) is 0.240. The molecule has 1 aromatic heterocycles. The third-order valence-electron chi connectivity index (χ3n) is 5.22. The average Bonchev–Trinajstić information content (AvgIpc) is 3.25. The lowest BCUT2D eigenvalue weighted by atomic mass is 10.1. The highest BCUT2D eigenvalue weighted by Crippen LogP contribution is 2.34. The van der Waals surface area contributed by atoms with Crippen molar-refractivity contribution in [3.8, 4) is 0 Å². The van der Waals surface area contributed by atoms with Gasteiger partial charge in [-0.25, -0.2) is 0 Å². The summed E-state index contributed by atoms with van der Waals surface area (Å²) < 4.78 is 1.93. The molecule has 1 aliphatic rings. The van der Waals surface area contributed by atoms with Crippen molar-refractivity contribution < 1.29 is 9.59 Å². The molecule has 1 aliphatic heterocycles. The number of benzene rings is 2. The smallest absolute Gasteiger partial charge is 0.266 e. The van der Waals surface area contributed by atoms with E-state index >= 15 is 0 Å². The Kier molecular flexibility index (Phi) is 8.00. The minimum Gasteiger partial charge on any atom is -0.337 e. The number of amidine groups is 1. The molecule has 4 rings (SSSR count). The summed E-state index contributed by atoms with van der Waals surface area (Å²) in [7, 11) is 0. The number of likely N-dealkylation sites (N-methyl/N-ethyl adjacent to an activating group) is 1. The van der Waals surface area contributed by atoms with Crippen molar-refractivity contribution in [1.29, 1.82) is 0 Å². The van der Waals surface area contributed by atoms with Gasteiger partial charge in [-0.3, -0.25) is 19.5 Å². The Morgan fingerprint density at radius 3 is 2.67 bits per heavy atom. The number of thioether (sulfide) groups is 1. The number of halogens is 1. The van der Waals surface area contributed by atoms with Gasteiger partial charge in [0.25, 0.3) is 5.91 Å². The monoisotopic (exact) mass is 482 g/mol. The molecule has 8 heteroatoms. The highest BCUT2D eigenvalue weighted by molar-refractivity contribution is 8.18. The average molecular weight is 483 g/mol. The number of rotatable bonds is 6. The second-order valence-corrected chi connectivity index (χ2v) is 8.57. The Hall–Kier alpha value is -3.03. The van der Waals surface area contributed by atoms with Crippen LogP contribution in [0, 0.1) is 6.92 Å². The van der Waals surface area contributed by atoms with Crippen LogP contribution in [0.15, 0.2) is 64.6 Å². The first kappa shape index (κ1) is 24.6. The fourth-order valence-corrected chi connectivity index (χ4v) is 4.88. The molecule has 0 radical (unpaired) electrons. The zero-order chi connectivity index (χ0) is 22.7. The van der Waals surface area contributed by atoms with Crippen molar-refractivity contribution in [3.63, 3.8) is 0 Å². The first-order valence-electron chi connectivity index (χ1n) is 10.7. The SMILES string of the molecule is CCN=C1S/C(=C\c2cn(CC(=O)Nc3cccc(C)c3)c3ccccc23)C(=O)N1CC.Cl. The Balaban J connectivity index is 0.00000306. The van der Waals surface area contributed by atoms with Crippen LogP contribution in [0.3, 0.4) is 0 Å². The number of aromatic nitrogens is 1. The lowest BCUT2D eigenvalue weighted by Crippen LogP contribution is -2.28. The van der Waals surface area contributed by atoms with Gasteiger partial charge in [0.15, 0.2) is 5.17 Å². The van der Waals surface area contributed by atoms with Crippen LogP contribution in [0.2, 0.25) is 0 Å². The van der Waals surface area contributed by atoms with Crippen LogP contribution < -0.4 is 5.32 Å². The van der Waals surface area contributed by atoms with Gasteiger partial charge in [-0.05, 0) is 62.4 Å². The van der Waals surface area contributed by atoms with Crippen molar-refractivity contribution in [2.24, 2.45) is 4.99 Å². The molecule has 2 amide bonds. The fourth-order valence-electron chi connectivity index (χ4n) is 3.78. The normalized spacial score (nSPS) is 16.0. The predicted octanol–water partition coefficient (Wildman–Crippen LogP) is 5.32. The molecule has 1 fully saturated rings. The minimum absolute atomic E-state index is 0. The van der Waals surface area contributed by atoms with Crippen molar-refractivity contribution >= 4 is 63.8 Å². The molecule has 2 heterocycles. The second kappa shape index (κ2) is 10.7. The zero-order valence-electron chi connectivity index (χ0n) is 18.9. The first-order chi connectivity index (χ1) is 15.5. The predicted molar refractivity (Wildman–Crippen MR) is 140 cm³/mol. The summed E-state index contributed by atoms with van der Waals surface area (Å²) in [4.78, 5) is 32.4. The number of nitrogens with one attached hydrogen (secondary N) is 1. The molecule has 6 nitrogen and oxygen atoms in total. The van der Waals surface area contributed by atoms with Crippen molar-refractivity contribution in [2.45, 2.75) is 27.3 Å². The van der Waals surface area contributed by atoms with Gasteiger partial charge in [-0.1, -0.05) is 30.3 Å². The van der Waals surface area contributed by atoms with Gasteiger partial charge in [0.2, 0.25) is 5.91 Å². The quantitative estimate of drug-likeness (QED) is 0.483. The number of anilines is 1.